The van der Waals surface area contributed by atoms with Gasteiger partial charge >= 0.3 is 0 Å². The standard InChI is InChI=1S/C18H18S2/c1-5-15(6-2-13(1)9-17-11-19-17)16-7-3-14(4-8-16)10-18-12-20-18/h1-8,17-18H,9-12H2. The Kier molecular flexibility index (Phi) is 3.53. The van der Waals surface area contributed by atoms with E-state index in [0.29, 0.717) is 0 Å². The van der Waals surface area contributed by atoms with Crippen LogP contribution in [-0.2, 0) is 12.8 Å². The van der Waals surface area contributed by atoms with Crippen LogP contribution >= 0.6 is 23.5 Å². The van der Waals surface area contributed by atoms with E-state index in [-0.39, 0.29) is 0 Å². The normalized spacial score (nSPS) is 23.6. The van der Waals surface area contributed by atoms with Crippen molar-refractivity contribution in [3.63, 3.8) is 0 Å². The van der Waals surface area contributed by atoms with Gasteiger partial charge in [0.25, 0.3) is 0 Å². The zero-order valence-electron chi connectivity index (χ0n) is 11.4. The first-order valence-electron chi connectivity index (χ1n) is 7.28. The third kappa shape index (κ3) is 3.24. The van der Waals surface area contributed by atoms with Gasteiger partial charge in [0.1, 0.15) is 0 Å². The predicted octanol–water partition coefficient (Wildman–Crippen LogP) is 4.67. The van der Waals surface area contributed by atoms with Crippen LogP contribution < -0.4 is 0 Å². The number of hydrogen-bond donors (Lipinski definition) is 0. The first-order valence-corrected chi connectivity index (χ1v) is 9.38. The summed E-state index contributed by atoms with van der Waals surface area (Å²) in [4.78, 5) is 0. The molecule has 0 nitrogen and oxygen atoms in total. The van der Waals surface area contributed by atoms with Crippen molar-refractivity contribution in [1.29, 1.82) is 0 Å². The third-order valence-corrected chi connectivity index (χ3v) is 5.92. The lowest BCUT2D eigenvalue weighted by Crippen LogP contribution is -1.92. The summed E-state index contributed by atoms with van der Waals surface area (Å²) in [5, 5.41) is 1.78. The minimum absolute atomic E-state index is 0.889. The zero-order chi connectivity index (χ0) is 13.4. The van der Waals surface area contributed by atoms with Crippen molar-refractivity contribution in [1.82, 2.24) is 0 Å². The van der Waals surface area contributed by atoms with E-state index in [0.717, 1.165) is 10.5 Å². The molecule has 2 aliphatic heterocycles. The van der Waals surface area contributed by atoms with Gasteiger partial charge in [-0.3, -0.25) is 0 Å². The lowest BCUT2D eigenvalue weighted by molar-refractivity contribution is 1.02. The summed E-state index contributed by atoms with van der Waals surface area (Å²) in [6, 6.07) is 18.3. The van der Waals surface area contributed by atoms with E-state index < -0.39 is 0 Å². The fourth-order valence-corrected chi connectivity index (χ4v) is 3.69. The van der Waals surface area contributed by atoms with E-state index in [4.69, 9.17) is 0 Å². The summed E-state index contributed by atoms with van der Waals surface area (Å²) >= 11 is 4.15. The van der Waals surface area contributed by atoms with E-state index in [1.54, 1.807) is 0 Å². The molecule has 102 valence electrons. The highest BCUT2D eigenvalue weighted by Gasteiger charge is 2.23. The second kappa shape index (κ2) is 5.50. The molecule has 2 aromatic carbocycles. The largest absolute Gasteiger partial charge is 0.156 e. The first-order chi connectivity index (χ1) is 9.87. The molecule has 0 amide bonds. The molecule has 0 radical (unpaired) electrons. The van der Waals surface area contributed by atoms with Gasteiger partial charge in [-0.15, -0.1) is 0 Å². The van der Waals surface area contributed by atoms with E-state index in [2.05, 4.69) is 72.1 Å². The highest BCUT2D eigenvalue weighted by atomic mass is 32.2. The van der Waals surface area contributed by atoms with E-state index in [1.807, 2.05) is 0 Å². The van der Waals surface area contributed by atoms with Crippen LogP contribution in [0, 0.1) is 0 Å². The quantitative estimate of drug-likeness (QED) is 0.736. The Morgan fingerprint density at radius 3 is 1.30 bits per heavy atom. The van der Waals surface area contributed by atoms with Gasteiger partial charge in [-0.05, 0) is 35.1 Å². The van der Waals surface area contributed by atoms with Crippen molar-refractivity contribution < 1.29 is 0 Å². The van der Waals surface area contributed by atoms with Gasteiger partial charge in [0, 0.05) is 22.0 Å². The van der Waals surface area contributed by atoms with Crippen LogP contribution in [0.3, 0.4) is 0 Å². The summed E-state index contributed by atoms with van der Waals surface area (Å²) in [5.74, 6) is 2.70. The van der Waals surface area contributed by atoms with Crippen molar-refractivity contribution >= 4 is 23.5 Å². The Bertz CT molecular complexity index is 522. The average Bonchev–Trinajstić information content (AvgIpc) is 3.37. The molecule has 0 aliphatic carbocycles. The van der Waals surface area contributed by atoms with Crippen molar-refractivity contribution in [3.05, 3.63) is 59.7 Å². The van der Waals surface area contributed by atoms with Gasteiger partial charge in [0.05, 0.1) is 0 Å². The monoisotopic (exact) mass is 298 g/mol. The maximum atomic E-state index is 2.29. The molecule has 20 heavy (non-hydrogen) atoms. The van der Waals surface area contributed by atoms with Gasteiger partial charge in [-0.1, -0.05) is 48.5 Å². The van der Waals surface area contributed by atoms with Crippen LogP contribution in [0.15, 0.2) is 48.5 Å². The molecule has 0 saturated carbocycles. The highest BCUT2D eigenvalue weighted by Crippen LogP contribution is 2.34. The molecule has 2 aliphatic rings. The fourth-order valence-electron chi connectivity index (χ4n) is 2.56. The Hall–Kier alpha value is -0.860. The zero-order valence-corrected chi connectivity index (χ0v) is 13.1. The molecule has 0 aromatic heterocycles. The summed E-state index contributed by atoms with van der Waals surface area (Å²) in [7, 11) is 0. The molecular weight excluding hydrogens is 280 g/mol. The van der Waals surface area contributed by atoms with Crippen molar-refractivity contribution in [2.45, 2.75) is 23.3 Å². The molecule has 0 N–H and O–H groups in total. The molecule has 2 aromatic rings. The molecule has 2 unspecified atom stereocenters. The highest BCUT2D eigenvalue weighted by molar-refractivity contribution is 8.07. The van der Waals surface area contributed by atoms with Crippen molar-refractivity contribution in [2.75, 3.05) is 11.5 Å². The van der Waals surface area contributed by atoms with Gasteiger partial charge in [-0.25, -0.2) is 0 Å². The SMILES string of the molecule is c1cc(-c2ccc(CC3CS3)cc2)ccc1CC1CS1. The number of hydrogen-bond acceptors (Lipinski definition) is 2. The maximum absolute atomic E-state index is 2.29. The van der Waals surface area contributed by atoms with Crippen LogP contribution in [0.4, 0.5) is 0 Å². The Labute approximate surface area is 129 Å². The molecule has 2 heteroatoms. The van der Waals surface area contributed by atoms with Crippen LogP contribution in [0.2, 0.25) is 0 Å². The first kappa shape index (κ1) is 12.8. The Balaban J connectivity index is 1.47. The van der Waals surface area contributed by atoms with Crippen LogP contribution in [0.25, 0.3) is 11.1 Å². The Morgan fingerprint density at radius 2 is 1.00 bits per heavy atom. The van der Waals surface area contributed by atoms with Crippen LogP contribution in [0.1, 0.15) is 11.1 Å². The maximum Gasteiger partial charge on any atom is 0.0179 e. The minimum atomic E-state index is 0.889. The summed E-state index contributed by atoms with van der Waals surface area (Å²) in [5.41, 5.74) is 5.63. The molecule has 4 rings (SSSR count). The molecule has 0 bridgehead atoms. The van der Waals surface area contributed by atoms with Gasteiger partial charge in [0.15, 0.2) is 0 Å². The van der Waals surface area contributed by atoms with E-state index >= 15 is 0 Å². The average molecular weight is 298 g/mol. The third-order valence-electron chi connectivity index (χ3n) is 3.97. The molecule has 2 saturated heterocycles. The smallest absolute Gasteiger partial charge is 0.0179 e. The fraction of sp³-hybridized carbons (Fsp3) is 0.333. The molecule has 2 heterocycles. The second-order valence-electron chi connectivity index (χ2n) is 5.71. The predicted molar refractivity (Wildman–Crippen MR) is 91.8 cm³/mol. The van der Waals surface area contributed by atoms with Gasteiger partial charge in [0.2, 0.25) is 0 Å². The van der Waals surface area contributed by atoms with Crippen molar-refractivity contribution in [3.8, 4) is 11.1 Å². The topological polar surface area (TPSA) is 0 Å². The molecule has 2 atom stereocenters. The summed E-state index contributed by atoms with van der Waals surface area (Å²) in [6.45, 7) is 0. The summed E-state index contributed by atoms with van der Waals surface area (Å²) < 4.78 is 0. The minimum Gasteiger partial charge on any atom is -0.156 e. The van der Waals surface area contributed by atoms with Crippen molar-refractivity contribution in [2.24, 2.45) is 0 Å². The Morgan fingerprint density at radius 1 is 0.650 bits per heavy atom. The van der Waals surface area contributed by atoms with Gasteiger partial charge in [-0.2, -0.15) is 23.5 Å². The van der Waals surface area contributed by atoms with E-state index in [9.17, 15) is 0 Å². The van der Waals surface area contributed by atoms with Crippen LogP contribution in [0.5, 0.6) is 0 Å². The van der Waals surface area contributed by atoms with Crippen LogP contribution in [-0.4, -0.2) is 22.0 Å². The lowest BCUT2D eigenvalue weighted by Gasteiger charge is -2.05. The lowest BCUT2D eigenvalue weighted by atomic mass is 10.0. The second-order valence-corrected chi connectivity index (χ2v) is 8.38. The summed E-state index contributed by atoms with van der Waals surface area (Å²) in [6.07, 6.45) is 2.48. The number of rotatable bonds is 5. The van der Waals surface area contributed by atoms with E-state index in [1.165, 1.54) is 46.6 Å². The van der Waals surface area contributed by atoms with Gasteiger partial charge < -0.3 is 0 Å². The number of thioether (sulfide) groups is 2. The molecular formula is C18H18S2. The number of benzene rings is 2. The molecule has 0 spiro atoms. The molecule has 2 fully saturated rings.